The van der Waals surface area contributed by atoms with E-state index in [-0.39, 0.29) is 17.1 Å². The third-order valence-corrected chi connectivity index (χ3v) is 1.83. The molecule has 1 rings (SSSR count). The highest BCUT2D eigenvalue weighted by Gasteiger charge is 2.14. The average molecular weight is 233 g/mol. The molecule has 0 spiro atoms. The van der Waals surface area contributed by atoms with Gasteiger partial charge in [0.15, 0.2) is 5.75 Å². The molecule has 0 aliphatic carbocycles. The molecule has 17 heavy (non-hydrogen) atoms. The molecule has 1 amide bonds. The topological polar surface area (TPSA) is 111 Å². The van der Waals surface area contributed by atoms with Gasteiger partial charge in [0.05, 0.1) is 0 Å². The van der Waals surface area contributed by atoms with Crippen LogP contribution in [0.1, 0.15) is 5.56 Å². The van der Waals surface area contributed by atoms with Crippen molar-refractivity contribution in [3.8, 4) is 5.75 Å². The maximum absolute atomic E-state index is 10.7. The summed E-state index contributed by atoms with van der Waals surface area (Å²) in [5, 5.41) is 0. The van der Waals surface area contributed by atoms with Crippen molar-refractivity contribution in [2.24, 2.45) is 15.7 Å². The van der Waals surface area contributed by atoms with Crippen LogP contribution in [-0.2, 0) is 9.59 Å². The number of ether oxygens (including phenoxy) is 1. The summed E-state index contributed by atoms with van der Waals surface area (Å²) in [6.07, 6.45) is 1.51. The molecule has 0 atom stereocenters. The van der Waals surface area contributed by atoms with Crippen molar-refractivity contribution in [3.05, 3.63) is 17.7 Å². The standard InChI is InChI=1S/C10H7N3O4/c1-6-2-3-7(12-4-14)8(13-5-15)9(6)17-10(11)16/h2-3H,1H3,(H2,11,16). The zero-order valence-electron chi connectivity index (χ0n) is 8.76. The van der Waals surface area contributed by atoms with E-state index in [2.05, 4.69) is 9.98 Å². The van der Waals surface area contributed by atoms with Gasteiger partial charge in [-0.1, -0.05) is 6.07 Å². The lowest BCUT2D eigenvalue weighted by atomic mass is 10.1. The van der Waals surface area contributed by atoms with E-state index in [0.29, 0.717) is 5.56 Å². The van der Waals surface area contributed by atoms with Crippen LogP contribution in [0.2, 0.25) is 0 Å². The molecule has 2 N–H and O–H groups in total. The summed E-state index contributed by atoms with van der Waals surface area (Å²) < 4.78 is 4.69. The van der Waals surface area contributed by atoms with Crippen LogP contribution < -0.4 is 10.5 Å². The zero-order valence-corrected chi connectivity index (χ0v) is 8.76. The normalized spacial score (nSPS) is 8.76. The van der Waals surface area contributed by atoms with Gasteiger partial charge >= 0.3 is 6.09 Å². The second-order valence-corrected chi connectivity index (χ2v) is 2.91. The molecule has 0 aliphatic rings. The Hall–Kier alpha value is -2.75. The molecule has 0 radical (unpaired) electrons. The summed E-state index contributed by atoms with van der Waals surface area (Å²) >= 11 is 0. The Morgan fingerprint density at radius 3 is 2.47 bits per heavy atom. The lowest BCUT2D eigenvalue weighted by Crippen LogP contribution is -2.16. The van der Waals surface area contributed by atoms with Gasteiger partial charge in [0.1, 0.15) is 11.4 Å². The van der Waals surface area contributed by atoms with E-state index >= 15 is 0 Å². The Bertz CT molecular complexity index is 555. The third kappa shape index (κ3) is 2.85. The fourth-order valence-corrected chi connectivity index (χ4v) is 1.18. The summed E-state index contributed by atoms with van der Waals surface area (Å²) in [6.45, 7) is 1.61. The molecule has 0 bridgehead atoms. The molecule has 0 heterocycles. The van der Waals surface area contributed by atoms with Crippen LogP contribution in [0.3, 0.4) is 0 Å². The monoisotopic (exact) mass is 233 g/mol. The molecule has 1 aromatic rings. The van der Waals surface area contributed by atoms with Crippen molar-refractivity contribution in [1.29, 1.82) is 0 Å². The molecule has 0 fully saturated rings. The van der Waals surface area contributed by atoms with E-state index in [9.17, 15) is 14.4 Å². The van der Waals surface area contributed by atoms with Crippen molar-refractivity contribution in [1.82, 2.24) is 0 Å². The van der Waals surface area contributed by atoms with Crippen LogP contribution >= 0.6 is 0 Å². The molecule has 1 aromatic carbocycles. The summed E-state index contributed by atoms with van der Waals surface area (Å²) in [7, 11) is 0. The summed E-state index contributed by atoms with van der Waals surface area (Å²) in [5.41, 5.74) is 5.31. The molecule has 7 heteroatoms. The minimum Gasteiger partial charge on any atom is -0.408 e. The predicted octanol–water partition coefficient (Wildman–Crippen LogP) is 1.39. The van der Waals surface area contributed by atoms with Crippen LogP contribution in [0.5, 0.6) is 5.75 Å². The number of hydrogen-bond acceptors (Lipinski definition) is 6. The van der Waals surface area contributed by atoms with Crippen LogP contribution in [-0.4, -0.2) is 18.3 Å². The van der Waals surface area contributed by atoms with Crippen molar-refractivity contribution < 1.29 is 19.1 Å². The SMILES string of the molecule is Cc1ccc(N=C=O)c(N=C=O)c1OC(N)=O. The minimum atomic E-state index is -1.07. The number of rotatable bonds is 3. The van der Waals surface area contributed by atoms with Gasteiger partial charge in [-0.2, -0.15) is 9.98 Å². The van der Waals surface area contributed by atoms with Gasteiger partial charge in [-0.05, 0) is 18.6 Å². The largest absolute Gasteiger partial charge is 0.410 e. The smallest absolute Gasteiger partial charge is 0.408 e. The van der Waals surface area contributed by atoms with Gasteiger partial charge in [-0.15, -0.1) is 0 Å². The number of nitrogens with zero attached hydrogens (tertiary/aromatic N) is 2. The average Bonchev–Trinajstić information content (AvgIpc) is 2.27. The van der Waals surface area contributed by atoms with Gasteiger partial charge in [0.25, 0.3) is 0 Å². The lowest BCUT2D eigenvalue weighted by molar-refractivity contribution is 0.211. The number of hydrogen-bond donors (Lipinski definition) is 1. The van der Waals surface area contributed by atoms with Gasteiger partial charge in [0, 0.05) is 0 Å². The Morgan fingerprint density at radius 2 is 1.94 bits per heavy atom. The van der Waals surface area contributed by atoms with Crippen LogP contribution in [0.25, 0.3) is 0 Å². The van der Waals surface area contributed by atoms with Crippen molar-refractivity contribution in [3.63, 3.8) is 0 Å². The Kier molecular flexibility index (Phi) is 3.89. The van der Waals surface area contributed by atoms with E-state index in [4.69, 9.17) is 10.5 Å². The first kappa shape index (κ1) is 12.3. The number of primary amides is 1. The number of aryl methyl sites for hydroxylation is 1. The number of aliphatic imine (C=N–C) groups is 2. The van der Waals surface area contributed by atoms with E-state index in [1.54, 1.807) is 6.92 Å². The molecular weight excluding hydrogens is 226 g/mol. The van der Waals surface area contributed by atoms with Crippen LogP contribution in [0.4, 0.5) is 16.2 Å². The number of amides is 1. The van der Waals surface area contributed by atoms with Crippen molar-refractivity contribution in [2.75, 3.05) is 0 Å². The molecule has 0 aliphatic heterocycles. The predicted molar refractivity (Wildman–Crippen MR) is 57.0 cm³/mol. The van der Waals surface area contributed by atoms with E-state index in [1.807, 2.05) is 0 Å². The number of carbonyl (C=O) groups is 1. The van der Waals surface area contributed by atoms with E-state index < -0.39 is 6.09 Å². The lowest BCUT2D eigenvalue weighted by Gasteiger charge is -2.08. The first-order chi connectivity index (χ1) is 8.10. The molecule has 0 saturated heterocycles. The summed E-state index contributed by atoms with van der Waals surface area (Å²) in [4.78, 5) is 37.8. The molecule has 7 nitrogen and oxygen atoms in total. The zero-order chi connectivity index (χ0) is 12.8. The number of nitrogens with two attached hydrogens (primary N) is 1. The number of benzene rings is 1. The second kappa shape index (κ2) is 5.37. The Morgan fingerprint density at radius 1 is 1.29 bits per heavy atom. The first-order valence-electron chi connectivity index (χ1n) is 4.36. The van der Waals surface area contributed by atoms with Crippen molar-refractivity contribution >= 4 is 29.6 Å². The molecule has 0 aromatic heterocycles. The van der Waals surface area contributed by atoms with Gasteiger partial charge in [0.2, 0.25) is 12.2 Å². The maximum atomic E-state index is 10.7. The van der Waals surface area contributed by atoms with E-state index in [0.717, 1.165) is 0 Å². The molecule has 0 unspecified atom stereocenters. The van der Waals surface area contributed by atoms with Crippen LogP contribution in [0.15, 0.2) is 22.1 Å². The fraction of sp³-hybridized carbons (Fsp3) is 0.100. The Labute approximate surface area is 95.6 Å². The van der Waals surface area contributed by atoms with Crippen molar-refractivity contribution in [2.45, 2.75) is 6.92 Å². The fourth-order valence-electron chi connectivity index (χ4n) is 1.18. The molecular formula is C10H7N3O4. The quantitative estimate of drug-likeness (QED) is 0.627. The van der Waals surface area contributed by atoms with E-state index in [1.165, 1.54) is 24.3 Å². The first-order valence-corrected chi connectivity index (χ1v) is 4.36. The Balaban J connectivity index is 3.52. The number of carbonyl (C=O) groups excluding carboxylic acids is 3. The summed E-state index contributed by atoms with van der Waals surface area (Å²) in [6, 6.07) is 2.95. The van der Waals surface area contributed by atoms with Gasteiger partial charge < -0.3 is 10.5 Å². The summed E-state index contributed by atoms with van der Waals surface area (Å²) in [5.74, 6) is -0.0441. The van der Waals surface area contributed by atoms with Crippen LogP contribution in [0, 0.1) is 6.92 Å². The highest BCUT2D eigenvalue weighted by molar-refractivity contribution is 5.80. The number of isocyanates is 2. The highest BCUT2D eigenvalue weighted by atomic mass is 16.5. The van der Waals surface area contributed by atoms with Gasteiger partial charge in [-0.3, -0.25) is 0 Å². The third-order valence-electron chi connectivity index (χ3n) is 1.83. The molecule has 86 valence electrons. The molecule has 0 saturated carbocycles. The van der Waals surface area contributed by atoms with Gasteiger partial charge in [-0.25, -0.2) is 14.4 Å². The maximum Gasteiger partial charge on any atom is 0.410 e. The minimum absolute atomic E-state index is 0.0326. The second-order valence-electron chi connectivity index (χ2n) is 2.91. The highest BCUT2D eigenvalue weighted by Crippen LogP contribution is 2.39.